The van der Waals surface area contributed by atoms with Gasteiger partial charge in [0.15, 0.2) is 0 Å². The van der Waals surface area contributed by atoms with Crippen LogP contribution in [0.15, 0.2) is 18.2 Å². The zero-order chi connectivity index (χ0) is 23.1. The predicted molar refractivity (Wildman–Crippen MR) is 123 cm³/mol. The van der Waals surface area contributed by atoms with Gasteiger partial charge in [-0.1, -0.05) is 19.9 Å². The van der Waals surface area contributed by atoms with Crippen LogP contribution < -0.4 is 10.6 Å². The zero-order valence-corrected chi connectivity index (χ0v) is 19.3. The third-order valence-electron chi connectivity index (χ3n) is 6.15. The van der Waals surface area contributed by atoms with Gasteiger partial charge in [0.25, 0.3) is 5.69 Å². The van der Waals surface area contributed by atoms with Crippen LogP contribution in [-0.2, 0) is 20.8 Å². The molecule has 1 saturated carbocycles. The maximum atomic E-state index is 12.6. The number of morpholine rings is 1. The number of hydrogen-bond donors (Lipinski definition) is 2. The number of anilines is 1. The third kappa shape index (κ3) is 6.88. The minimum Gasteiger partial charge on any atom is -0.461 e. The van der Waals surface area contributed by atoms with Gasteiger partial charge in [-0.25, -0.2) is 0 Å². The molecule has 3 rings (SSSR count). The van der Waals surface area contributed by atoms with Crippen molar-refractivity contribution in [3.05, 3.63) is 33.9 Å². The number of ether oxygens (including phenoxy) is 2. The summed E-state index contributed by atoms with van der Waals surface area (Å²) in [5, 5.41) is 18.1. The van der Waals surface area contributed by atoms with Crippen LogP contribution in [0.4, 0.5) is 11.4 Å². The van der Waals surface area contributed by atoms with Crippen molar-refractivity contribution in [1.82, 2.24) is 10.2 Å². The van der Waals surface area contributed by atoms with Crippen molar-refractivity contribution < 1.29 is 19.2 Å². The number of nitro benzene ring substituents is 1. The second-order valence-corrected chi connectivity index (χ2v) is 9.19. The summed E-state index contributed by atoms with van der Waals surface area (Å²) in [5.41, 5.74) is 1.23. The Morgan fingerprint density at radius 3 is 2.75 bits per heavy atom. The quantitative estimate of drug-likeness (QED) is 0.320. The van der Waals surface area contributed by atoms with E-state index in [1.165, 1.54) is 0 Å². The summed E-state index contributed by atoms with van der Waals surface area (Å²) in [7, 11) is 2.04. The van der Waals surface area contributed by atoms with Crippen LogP contribution in [0.3, 0.4) is 0 Å². The van der Waals surface area contributed by atoms with Crippen LogP contribution in [0.2, 0.25) is 0 Å². The number of likely N-dealkylation sites (N-methyl/N-ethyl adjacent to an activating group) is 1. The summed E-state index contributed by atoms with van der Waals surface area (Å²) in [4.78, 5) is 26.1. The molecule has 1 heterocycles. The Morgan fingerprint density at radius 1 is 1.34 bits per heavy atom. The number of hydrogen-bond acceptors (Lipinski definition) is 8. The van der Waals surface area contributed by atoms with Gasteiger partial charge in [-0.3, -0.25) is 14.9 Å². The lowest BCUT2D eigenvalue weighted by Gasteiger charge is -2.30. The molecule has 0 aromatic heterocycles. The van der Waals surface area contributed by atoms with Gasteiger partial charge in [-0.15, -0.1) is 0 Å². The van der Waals surface area contributed by atoms with Crippen molar-refractivity contribution in [3.63, 3.8) is 0 Å². The second kappa shape index (κ2) is 11.6. The van der Waals surface area contributed by atoms with E-state index < -0.39 is 6.04 Å². The molecule has 0 radical (unpaired) electrons. The number of nitrogens with zero attached hydrogens (tertiary/aromatic N) is 2. The minimum atomic E-state index is -0.451. The number of carbonyl (C=O) groups excluding carboxylic acids is 1. The van der Waals surface area contributed by atoms with Crippen LogP contribution in [0.5, 0.6) is 0 Å². The van der Waals surface area contributed by atoms with Gasteiger partial charge in [0, 0.05) is 32.2 Å². The average Bonchev–Trinajstić information content (AvgIpc) is 3.25. The van der Waals surface area contributed by atoms with Crippen molar-refractivity contribution in [2.45, 2.75) is 64.3 Å². The molecular formula is C23H36N4O5. The molecule has 9 nitrogen and oxygen atoms in total. The summed E-state index contributed by atoms with van der Waals surface area (Å²) in [6, 6.07) is 4.68. The first-order valence-electron chi connectivity index (χ1n) is 11.6. The van der Waals surface area contributed by atoms with Gasteiger partial charge in [-0.2, -0.15) is 0 Å². The van der Waals surface area contributed by atoms with Crippen molar-refractivity contribution in [2.75, 3.05) is 38.6 Å². The summed E-state index contributed by atoms with van der Waals surface area (Å²) in [6.45, 7) is 7.13. The summed E-state index contributed by atoms with van der Waals surface area (Å²) in [5.74, 6) is -0.189. The molecule has 2 N–H and O–H groups in total. The van der Waals surface area contributed by atoms with E-state index in [0.717, 1.165) is 44.3 Å². The van der Waals surface area contributed by atoms with E-state index in [4.69, 9.17) is 9.47 Å². The lowest BCUT2D eigenvalue weighted by atomic mass is 10.0. The number of carbonyl (C=O) groups is 1. The standard InChI is InChI=1S/C23H36N4O5/c1-16(2)22(23(28)32-18-6-4-5-7-18)25-13-17-8-9-20(21(12-17)27(29)30)24-14-19-15-26(3)10-11-31-19/h8-9,12,16,18-19,22,24-25H,4-7,10-11,13-15H2,1-3H3/t19?,22-/m0/s1. The molecule has 2 atom stereocenters. The minimum absolute atomic E-state index is 0.00706. The smallest absolute Gasteiger partial charge is 0.323 e. The normalized spacial score (nSPS) is 20.9. The van der Waals surface area contributed by atoms with Gasteiger partial charge >= 0.3 is 5.97 Å². The van der Waals surface area contributed by atoms with E-state index in [1.54, 1.807) is 12.1 Å². The molecular weight excluding hydrogens is 412 g/mol. The summed E-state index contributed by atoms with van der Waals surface area (Å²) >= 11 is 0. The van der Waals surface area contributed by atoms with E-state index >= 15 is 0 Å². The molecule has 1 aliphatic heterocycles. The predicted octanol–water partition coefficient (Wildman–Crippen LogP) is 2.94. The highest BCUT2D eigenvalue weighted by Crippen LogP contribution is 2.26. The average molecular weight is 449 g/mol. The number of nitro groups is 1. The zero-order valence-electron chi connectivity index (χ0n) is 19.3. The largest absolute Gasteiger partial charge is 0.461 e. The number of benzene rings is 1. The Morgan fingerprint density at radius 2 is 2.09 bits per heavy atom. The topological polar surface area (TPSA) is 106 Å². The molecule has 1 aliphatic carbocycles. The lowest BCUT2D eigenvalue weighted by molar-refractivity contribution is -0.384. The second-order valence-electron chi connectivity index (χ2n) is 9.19. The fourth-order valence-corrected chi connectivity index (χ4v) is 4.26. The van der Waals surface area contributed by atoms with Crippen LogP contribution in [0, 0.1) is 16.0 Å². The fraction of sp³-hybridized carbons (Fsp3) is 0.696. The fourth-order valence-electron chi connectivity index (χ4n) is 4.26. The highest BCUT2D eigenvalue weighted by Gasteiger charge is 2.28. The SMILES string of the molecule is CC(C)[C@H](NCc1ccc(NCC2CN(C)CCO2)c([N+](=O)[O-])c1)C(=O)OC1CCCC1. The first-order valence-corrected chi connectivity index (χ1v) is 11.6. The Labute approximate surface area is 190 Å². The van der Waals surface area contributed by atoms with Gasteiger partial charge in [-0.05, 0) is 50.3 Å². The number of nitrogens with one attached hydrogen (secondary N) is 2. The molecule has 1 saturated heterocycles. The highest BCUT2D eigenvalue weighted by atomic mass is 16.6. The van der Waals surface area contributed by atoms with Crippen molar-refractivity contribution >= 4 is 17.3 Å². The van der Waals surface area contributed by atoms with Crippen molar-refractivity contribution in [3.8, 4) is 0 Å². The molecule has 1 unspecified atom stereocenters. The van der Waals surface area contributed by atoms with E-state index in [0.29, 0.717) is 25.4 Å². The van der Waals surface area contributed by atoms with Crippen LogP contribution in [0.1, 0.15) is 45.1 Å². The third-order valence-corrected chi connectivity index (χ3v) is 6.15. The Balaban J connectivity index is 1.59. The Kier molecular flexibility index (Phi) is 8.84. The Hall–Kier alpha value is -2.23. The van der Waals surface area contributed by atoms with Gasteiger partial charge < -0.3 is 25.0 Å². The van der Waals surface area contributed by atoms with E-state index in [-0.39, 0.29) is 34.7 Å². The summed E-state index contributed by atoms with van der Waals surface area (Å²) < 4.78 is 11.4. The van der Waals surface area contributed by atoms with Crippen LogP contribution >= 0.6 is 0 Å². The molecule has 0 spiro atoms. The molecule has 178 valence electrons. The van der Waals surface area contributed by atoms with Gasteiger partial charge in [0.1, 0.15) is 17.8 Å². The van der Waals surface area contributed by atoms with Gasteiger partial charge in [0.2, 0.25) is 0 Å². The van der Waals surface area contributed by atoms with Crippen LogP contribution in [0.25, 0.3) is 0 Å². The first kappa shape index (κ1) is 24.4. The first-order chi connectivity index (χ1) is 15.3. The maximum Gasteiger partial charge on any atom is 0.323 e. The van der Waals surface area contributed by atoms with E-state index in [2.05, 4.69) is 15.5 Å². The molecule has 2 aliphatic rings. The Bertz CT molecular complexity index is 782. The van der Waals surface area contributed by atoms with Crippen molar-refractivity contribution in [2.24, 2.45) is 5.92 Å². The molecule has 1 aromatic rings. The van der Waals surface area contributed by atoms with E-state index in [9.17, 15) is 14.9 Å². The van der Waals surface area contributed by atoms with E-state index in [1.807, 2.05) is 27.0 Å². The maximum absolute atomic E-state index is 12.6. The molecule has 2 fully saturated rings. The molecule has 0 bridgehead atoms. The highest BCUT2D eigenvalue weighted by molar-refractivity contribution is 5.76. The molecule has 1 aromatic carbocycles. The lowest BCUT2D eigenvalue weighted by Crippen LogP contribution is -2.43. The van der Waals surface area contributed by atoms with Crippen LogP contribution in [-0.4, -0.2) is 67.3 Å². The number of esters is 1. The monoisotopic (exact) mass is 448 g/mol. The molecule has 9 heteroatoms. The number of rotatable bonds is 10. The molecule has 0 amide bonds. The van der Waals surface area contributed by atoms with Crippen molar-refractivity contribution in [1.29, 1.82) is 0 Å². The van der Waals surface area contributed by atoms with Gasteiger partial charge in [0.05, 0.1) is 17.6 Å². The summed E-state index contributed by atoms with van der Waals surface area (Å²) in [6.07, 6.45) is 4.08. The molecule has 32 heavy (non-hydrogen) atoms.